The van der Waals surface area contributed by atoms with Crippen LogP contribution in [0, 0.1) is 11.8 Å². The van der Waals surface area contributed by atoms with E-state index in [1.807, 2.05) is 0 Å². The number of carbonyl (C=O) groups excluding carboxylic acids is 3. The van der Waals surface area contributed by atoms with Crippen molar-refractivity contribution in [1.29, 1.82) is 0 Å². The van der Waals surface area contributed by atoms with Crippen LogP contribution in [0.4, 0.5) is 16.2 Å². The van der Waals surface area contributed by atoms with Crippen molar-refractivity contribution >= 4 is 29.2 Å². The van der Waals surface area contributed by atoms with Gasteiger partial charge in [0.1, 0.15) is 0 Å². The van der Waals surface area contributed by atoms with Crippen LogP contribution in [-0.4, -0.2) is 42.4 Å². The average molecular weight is 358 g/mol. The molecule has 3 N–H and O–H groups in total. The zero-order chi connectivity index (χ0) is 18.5. The molecule has 1 aliphatic heterocycles. The highest BCUT2D eigenvalue weighted by Gasteiger charge is 2.29. The normalized spacial score (nSPS) is 19.6. The number of amides is 4. The summed E-state index contributed by atoms with van der Waals surface area (Å²) >= 11 is 0. The number of urea groups is 1. The topological polar surface area (TPSA) is 90.5 Å². The lowest BCUT2D eigenvalue weighted by Gasteiger charge is -2.32. The lowest BCUT2D eigenvalue weighted by Crippen LogP contribution is -2.47. The van der Waals surface area contributed by atoms with Gasteiger partial charge in [-0.05, 0) is 49.8 Å². The van der Waals surface area contributed by atoms with E-state index in [2.05, 4.69) is 16.0 Å². The van der Waals surface area contributed by atoms with Crippen LogP contribution in [-0.2, 0) is 9.59 Å². The molecule has 26 heavy (non-hydrogen) atoms. The van der Waals surface area contributed by atoms with Crippen molar-refractivity contribution < 1.29 is 14.4 Å². The SMILES string of the molecule is CC(=O)Nc1cccc(NC(=O)N2CCCC(C(=O)NCC3CC3)C2)c1. The van der Waals surface area contributed by atoms with E-state index in [1.54, 1.807) is 29.2 Å². The first-order valence-electron chi connectivity index (χ1n) is 9.22. The zero-order valence-corrected chi connectivity index (χ0v) is 15.1. The van der Waals surface area contributed by atoms with Crippen molar-refractivity contribution in [3.63, 3.8) is 0 Å². The molecule has 4 amide bonds. The highest BCUT2D eigenvalue weighted by molar-refractivity contribution is 5.93. The van der Waals surface area contributed by atoms with Gasteiger partial charge in [0.2, 0.25) is 11.8 Å². The Morgan fingerprint density at radius 1 is 1.12 bits per heavy atom. The highest BCUT2D eigenvalue weighted by atomic mass is 16.2. The van der Waals surface area contributed by atoms with Gasteiger partial charge in [0.25, 0.3) is 0 Å². The Kier molecular flexibility index (Phi) is 5.75. The third-order valence-electron chi connectivity index (χ3n) is 4.78. The number of rotatable bonds is 5. The monoisotopic (exact) mass is 358 g/mol. The first-order chi connectivity index (χ1) is 12.5. The molecule has 1 heterocycles. The fourth-order valence-electron chi connectivity index (χ4n) is 3.17. The van der Waals surface area contributed by atoms with Crippen LogP contribution in [0.15, 0.2) is 24.3 Å². The summed E-state index contributed by atoms with van der Waals surface area (Å²) in [4.78, 5) is 37.7. The Hall–Kier alpha value is -2.57. The van der Waals surface area contributed by atoms with E-state index in [0.717, 1.165) is 19.4 Å². The summed E-state index contributed by atoms with van der Waals surface area (Å²) < 4.78 is 0. The highest BCUT2D eigenvalue weighted by Crippen LogP contribution is 2.28. The molecule has 7 heteroatoms. The van der Waals surface area contributed by atoms with Gasteiger partial charge in [0.05, 0.1) is 5.92 Å². The van der Waals surface area contributed by atoms with Crippen LogP contribution >= 0.6 is 0 Å². The average Bonchev–Trinajstić information content (AvgIpc) is 3.44. The number of anilines is 2. The lowest BCUT2D eigenvalue weighted by atomic mass is 9.97. The molecule has 0 spiro atoms. The lowest BCUT2D eigenvalue weighted by molar-refractivity contribution is -0.126. The molecule has 1 aromatic carbocycles. The number of benzene rings is 1. The van der Waals surface area contributed by atoms with Crippen LogP contribution in [0.5, 0.6) is 0 Å². The van der Waals surface area contributed by atoms with Crippen molar-refractivity contribution in [3.8, 4) is 0 Å². The standard InChI is InChI=1S/C19H26N4O3/c1-13(24)21-16-5-2-6-17(10-16)22-19(26)23-9-3-4-15(12-23)18(25)20-11-14-7-8-14/h2,5-6,10,14-15H,3-4,7-9,11-12H2,1H3,(H,20,25)(H,21,24)(H,22,26). The van der Waals surface area contributed by atoms with Gasteiger partial charge in [-0.15, -0.1) is 0 Å². The fourth-order valence-corrected chi connectivity index (χ4v) is 3.17. The molecule has 3 rings (SSSR count). The van der Waals surface area contributed by atoms with Crippen LogP contribution in [0.1, 0.15) is 32.6 Å². The molecule has 1 atom stereocenters. The molecule has 0 aromatic heterocycles. The Bertz CT molecular complexity index is 687. The number of likely N-dealkylation sites (tertiary alicyclic amines) is 1. The van der Waals surface area contributed by atoms with E-state index < -0.39 is 0 Å². The van der Waals surface area contributed by atoms with E-state index in [-0.39, 0.29) is 23.8 Å². The van der Waals surface area contributed by atoms with Crippen molar-refractivity contribution in [2.45, 2.75) is 32.6 Å². The van der Waals surface area contributed by atoms with Crippen molar-refractivity contribution in [3.05, 3.63) is 24.3 Å². The number of hydrogen-bond acceptors (Lipinski definition) is 3. The summed E-state index contributed by atoms with van der Waals surface area (Å²) in [5, 5.41) is 8.55. The minimum Gasteiger partial charge on any atom is -0.356 e. The maximum atomic E-state index is 12.5. The Labute approximate surface area is 153 Å². The second kappa shape index (κ2) is 8.21. The summed E-state index contributed by atoms with van der Waals surface area (Å²) in [6.07, 6.45) is 4.05. The van der Waals surface area contributed by atoms with Gasteiger partial charge in [-0.3, -0.25) is 9.59 Å². The summed E-state index contributed by atoms with van der Waals surface area (Å²) in [5.41, 5.74) is 1.24. The molecule has 1 unspecified atom stereocenters. The molecule has 7 nitrogen and oxygen atoms in total. The van der Waals surface area contributed by atoms with Gasteiger partial charge in [-0.2, -0.15) is 0 Å². The Morgan fingerprint density at radius 3 is 2.54 bits per heavy atom. The molecule has 1 aliphatic carbocycles. The smallest absolute Gasteiger partial charge is 0.321 e. The van der Waals surface area contributed by atoms with E-state index in [4.69, 9.17) is 0 Å². The van der Waals surface area contributed by atoms with E-state index in [1.165, 1.54) is 19.8 Å². The van der Waals surface area contributed by atoms with Crippen LogP contribution in [0.3, 0.4) is 0 Å². The molecule has 2 aliphatic rings. The van der Waals surface area contributed by atoms with Crippen LogP contribution < -0.4 is 16.0 Å². The van der Waals surface area contributed by atoms with Gasteiger partial charge in [-0.1, -0.05) is 6.07 Å². The molecule has 2 fully saturated rings. The van der Waals surface area contributed by atoms with E-state index >= 15 is 0 Å². The number of carbonyl (C=O) groups is 3. The van der Waals surface area contributed by atoms with Crippen LogP contribution in [0.2, 0.25) is 0 Å². The van der Waals surface area contributed by atoms with E-state index in [0.29, 0.717) is 30.4 Å². The van der Waals surface area contributed by atoms with Crippen LogP contribution in [0.25, 0.3) is 0 Å². The fraction of sp³-hybridized carbons (Fsp3) is 0.526. The largest absolute Gasteiger partial charge is 0.356 e. The molecule has 1 saturated heterocycles. The first kappa shape index (κ1) is 18.2. The van der Waals surface area contributed by atoms with Gasteiger partial charge in [0.15, 0.2) is 0 Å². The van der Waals surface area contributed by atoms with Crippen molar-refractivity contribution in [2.24, 2.45) is 11.8 Å². The second-order valence-electron chi connectivity index (χ2n) is 7.17. The van der Waals surface area contributed by atoms with Crippen molar-refractivity contribution in [2.75, 3.05) is 30.3 Å². The number of nitrogens with one attached hydrogen (secondary N) is 3. The minimum absolute atomic E-state index is 0.0575. The summed E-state index contributed by atoms with van der Waals surface area (Å²) in [7, 11) is 0. The third-order valence-corrected chi connectivity index (χ3v) is 4.78. The number of piperidine rings is 1. The molecule has 1 aromatic rings. The maximum Gasteiger partial charge on any atom is 0.321 e. The molecule has 0 bridgehead atoms. The van der Waals surface area contributed by atoms with Gasteiger partial charge in [0, 0.05) is 37.9 Å². The summed E-state index contributed by atoms with van der Waals surface area (Å²) in [6, 6.07) is 6.80. The van der Waals surface area contributed by atoms with Gasteiger partial charge < -0.3 is 20.9 Å². The number of hydrogen-bond donors (Lipinski definition) is 3. The maximum absolute atomic E-state index is 12.5. The predicted octanol–water partition coefficient (Wildman–Crippen LogP) is 2.42. The first-order valence-corrected chi connectivity index (χ1v) is 9.22. The Balaban J connectivity index is 1.53. The molecule has 140 valence electrons. The molecule has 0 radical (unpaired) electrons. The second-order valence-corrected chi connectivity index (χ2v) is 7.17. The van der Waals surface area contributed by atoms with Gasteiger partial charge in [-0.25, -0.2) is 4.79 Å². The van der Waals surface area contributed by atoms with Gasteiger partial charge >= 0.3 is 6.03 Å². The molecular formula is C19H26N4O3. The van der Waals surface area contributed by atoms with E-state index in [9.17, 15) is 14.4 Å². The number of nitrogens with zero attached hydrogens (tertiary/aromatic N) is 1. The molecular weight excluding hydrogens is 332 g/mol. The summed E-state index contributed by atoms with van der Waals surface area (Å²) in [5.74, 6) is 0.406. The van der Waals surface area contributed by atoms with Crippen molar-refractivity contribution in [1.82, 2.24) is 10.2 Å². The quantitative estimate of drug-likeness (QED) is 0.755. The Morgan fingerprint density at radius 2 is 1.85 bits per heavy atom. The predicted molar refractivity (Wildman–Crippen MR) is 99.8 cm³/mol. The third kappa shape index (κ3) is 5.21. The molecule has 1 saturated carbocycles. The zero-order valence-electron chi connectivity index (χ0n) is 15.1. The minimum atomic E-state index is -0.218. The summed E-state index contributed by atoms with van der Waals surface area (Å²) in [6.45, 7) is 3.28.